The number of aliphatic hydroxyl groups excluding tert-OH is 1. The van der Waals surface area contributed by atoms with Gasteiger partial charge in [0.15, 0.2) is 0 Å². The molecule has 0 aliphatic rings. The summed E-state index contributed by atoms with van der Waals surface area (Å²) in [7, 11) is 0. The first-order valence-corrected chi connectivity index (χ1v) is 4.92. The van der Waals surface area contributed by atoms with Crippen molar-refractivity contribution >= 4 is 11.9 Å². The Morgan fingerprint density at radius 3 is 1.88 bits per heavy atom. The van der Waals surface area contributed by atoms with E-state index in [0.29, 0.717) is 13.0 Å². The average molecular weight is 236 g/mol. The summed E-state index contributed by atoms with van der Waals surface area (Å²) in [5, 5.41) is 24.1. The second-order valence-corrected chi connectivity index (χ2v) is 3.24. The maximum atomic E-state index is 10.1. The summed E-state index contributed by atoms with van der Waals surface area (Å²) in [4.78, 5) is 19.6. The molecule has 0 aliphatic carbocycles. The highest BCUT2D eigenvalue weighted by Gasteiger charge is 2.09. The molecule has 0 rings (SSSR count). The standard InChI is InChI=1S/C6H14N2O2.C3H6O3/c7-4-2-1-3-5(8)6(9)10;1-2(4)3(5)6/h5H,1-4,7-8H2,(H,9,10);2,4H,1H3,(H,5,6). The molecular weight excluding hydrogens is 216 g/mol. The zero-order valence-corrected chi connectivity index (χ0v) is 9.30. The van der Waals surface area contributed by atoms with Crippen LogP contribution in [0.1, 0.15) is 26.2 Å². The van der Waals surface area contributed by atoms with Crippen LogP contribution in [0.4, 0.5) is 0 Å². The van der Waals surface area contributed by atoms with Crippen molar-refractivity contribution in [1.29, 1.82) is 0 Å². The third-order valence-electron chi connectivity index (χ3n) is 1.64. The van der Waals surface area contributed by atoms with Gasteiger partial charge in [-0.1, -0.05) is 6.42 Å². The molecule has 0 spiro atoms. The Kier molecular flexibility index (Phi) is 11.1. The average Bonchev–Trinajstić information content (AvgIpc) is 2.18. The van der Waals surface area contributed by atoms with E-state index in [4.69, 9.17) is 26.8 Å². The lowest BCUT2D eigenvalue weighted by Crippen LogP contribution is -2.29. The number of aliphatic hydroxyl groups is 1. The van der Waals surface area contributed by atoms with Crippen LogP contribution in [-0.4, -0.2) is 45.9 Å². The van der Waals surface area contributed by atoms with Gasteiger partial charge in [0.05, 0.1) is 0 Å². The monoisotopic (exact) mass is 236 g/mol. The molecule has 7 N–H and O–H groups in total. The number of aliphatic carboxylic acids is 2. The van der Waals surface area contributed by atoms with Crippen LogP contribution in [-0.2, 0) is 9.59 Å². The zero-order chi connectivity index (χ0) is 13.1. The van der Waals surface area contributed by atoms with Crippen molar-refractivity contribution < 1.29 is 24.9 Å². The molecule has 7 nitrogen and oxygen atoms in total. The SMILES string of the molecule is CC(O)C(=O)O.NCCCCC(N)C(=O)O. The number of carbonyl (C=O) groups is 2. The van der Waals surface area contributed by atoms with Crippen LogP contribution in [0, 0.1) is 0 Å². The summed E-state index contributed by atoms with van der Waals surface area (Å²) in [6.45, 7) is 1.80. The minimum atomic E-state index is -1.23. The molecule has 0 amide bonds. The van der Waals surface area contributed by atoms with Gasteiger partial charge in [-0.25, -0.2) is 4.79 Å². The molecule has 0 radical (unpaired) electrons. The van der Waals surface area contributed by atoms with Crippen LogP contribution >= 0.6 is 0 Å². The van der Waals surface area contributed by atoms with Crippen LogP contribution < -0.4 is 11.5 Å². The van der Waals surface area contributed by atoms with Gasteiger partial charge in [-0.05, 0) is 26.3 Å². The van der Waals surface area contributed by atoms with Crippen molar-refractivity contribution in [3.63, 3.8) is 0 Å². The van der Waals surface area contributed by atoms with Crippen molar-refractivity contribution in [2.45, 2.75) is 38.3 Å². The number of carboxylic acids is 2. The van der Waals surface area contributed by atoms with Gasteiger partial charge in [-0.15, -0.1) is 0 Å². The maximum Gasteiger partial charge on any atom is 0.332 e. The summed E-state index contributed by atoms with van der Waals surface area (Å²) >= 11 is 0. The van der Waals surface area contributed by atoms with Gasteiger partial charge < -0.3 is 26.8 Å². The minimum absolute atomic E-state index is 0.520. The Morgan fingerprint density at radius 2 is 1.62 bits per heavy atom. The van der Waals surface area contributed by atoms with Gasteiger partial charge in [-0.2, -0.15) is 0 Å². The molecule has 2 atom stereocenters. The van der Waals surface area contributed by atoms with E-state index < -0.39 is 24.1 Å². The number of unbranched alkanes of at least 4 members (excludes halogenated alkanes) is 1. The van der Waals surface area contributed by atoms with Crippen LogP contribution in [0.25, 0.3) is 0 Å². The molecule has 7 heteroatoms. The summed E-state index contributed by atoms with van der Waals surface area (Å²) in [6.07, 6.45) is 0.933. The quantitative estimate of drug-likeness (QED) is 0.371. The third kappa shape index (κ3) is 12.8. The predicted molar refractivity (Wildman–Crippen MR) is 57.8 cm³/mol. The van der Waals surface area contributed by atoms with Crippen molar-refractivity contribution in [3.8, 4) is 0 Å². The summed E-state index contributed by atoms with van der Waals surface area (Å²) in [5.41, 5.74) is 10.4. The fourth-order valence-electron chi connectivity index (χ4n) is 0.632. The molecule has 0 aromatic heterocycles. The lowest BCUT2D eigenvalue weighted by molar-refractivity contribution is -0.145. The number of hydrogen-bond acceptors (Lipinski definition) is 5. The Bertz CT molecular complexity index is 208. The molecule has 0 saturated carbocycles. The van der Waals surface area contributed by atoms with E-state index in [9.17, 15) is 9.59 Å². The van der Waals surface area contributed by atoms with Gasteiger partial charge in [-0.3, -0.25) is 4.79 Å². The number of carboxylic acid groups (broad SMARTS) is 2. The molecule has 0 bridgehead atoms. The normalized spacial score (nSPS) is 13.2. The van der Waals surface area contributed by atoms with Crippen molar-refractivity contribution in [1.82, 2.24) is 0 Å². The van der Waals surface area contributed by atoms with Gasteiger partial charge in [0.2, 0.25) is 0 Å². The first-order chi connectivity index (χ1) is 7.32. The third-order valence-corrected chi connectivity index (χ3v) is 1.64. The van der Waals surface area contributed by atoms with Crippen LogP contribution in [0.15, 0.2) is 0 Å². The van der Waals surface area contributed by atoms with E-state index in [0.717, 1.165) is 12.8 Å². The van der Waals surface area contributed by atoms with Gasteiger partial charge in [0.25, 0.3) is 0 Å². The Hall–Kier alpha value is -1.18. The van der Waals surface area contributed by atoms with Crippen molar-refractivity contribution in [2.75, 3.05) is 6.54 Å². The topological polar surface area (TPSA) is 147 Å². The van der Waals surface area contributed by atoms with Crippen molar-refractivity contribution in [2.24, 2.45) is 11.5 Å². The van der Waals surface area contributed by atoms with Gasteiger partial charge >= 0.3 is 11.9 Å². The summed E-state index contributed by atoms with van der Waals surface area (Å²) in [5.74, 6) is -2.12. The van der Waals surface area contributed by atoms with E-state index in [2.05, 4.69) is 0 Å². The minimum Gasteiger partial charge on any atom is -0.480 e. The molecule has 2 unspecified atom stereocenters. The van der Waals surface area contributed by atoms with E-state index in [1.54, 1.807) is 0 Å². The molecule has 0 aromatic carbocycles. The van der Waals surface area contributed by atoms with Crippen LogP contribution in [0.2, 0.25) is 0 Å². The van der Waals surface area contributed by atoms with E-state index in [-0.39, 0.29) is 0 Å². The Morgan fingerprint density at radius 1 is 1.19 bits per heavy atom. The first kappa shape index (κ1) is 17.2. The zero-order valence-electron chi connectivity index (χ0n) is 9.30. The lowest BCUT2D eigenvalue weighted by Gasteiger charge is -2.03. The molecule has 0 fully saturated rings. The molecule has 0 heterocycles. The highest BCUT2D eigenvalue weighted by Crippen LogP contribution is 1.96. The molecule has 96 valence electrons. The molecule has 0 aromatic rings. The lowest BCUT2D eigenvalue weighted by atomic mass is 10.1. The molecule has 16 heavy (non-hydrogen) atoms. The van der Waals surface area contributed by atoms with E-state index in [1.165, 1.54) is 6.92 Å². The largest absolute Gasteiger partial charge is 0.480 e. The summed E-state index contributed by atoms with van der Waals surface area (Å²) < 4.78 is 0. The highest BCUT2D eigenvalue weighted by molar-refractivity contribution is 5.72. The van der Waals surface area contributed by atoms with Gasteiger partial charge in [0, 0.05) is 0 Å². The van der Waals surface area contributed by atoms with Crippen molar-refractivity contribution in [3.05, 3.63) is 0 Å². The fraction of sp³-hybridized carbons (Fsp3) is 0.778. The van der Waals surface area contributed by atoms with E-state index in [1.807, 2.05) is 0 Å². The smallest absolute Gasteiger partial charge is 0.332 e. The second kappa shape index (κ2) is 10.3. The summed E-state index contributed by atoms with van der Waals surface area (Å²) in [6, 6.07) is -0.716. The van der Waals surface area contributed by atoms with E-state index >= 15 is 0 Å². The number of rotatable bonds is 6. The Balaban J connectivity index is 0. The van der Waals surface area contributed by atoms with Crippen LogP contribution in [0.3, 0.4) is 0 Å². The fourth-order valence-corrected chi connectivity index (χ4v) is 0.632. The number of hydrogen-bond donors (Lipinski definition) is 5. The highest BCUT2D eigenvalue weighted by atomic mass is 16.4. The Labute approximate surface area is 94.1 Å². The predicted octanol–water partition coefficient (Wildman–Crippen LogP) is -1.02. The second-order valence-electron chi connectivity index (χ2n) is 3.24. The van der Waals surface area contributed by atoms with Crippen LogP contribution in [0.5, 0.6) is 0 Å². The van der Waals surface area contributed by atoms with Gasteiger partial charge in [0.1, 0.15) is 12.1 Å². The number of nitrogens with two attached hydrogens (primary N) is 2. The molecular formula is C9H20N2O5. The molecule has 0 aliphatic heterocycles. The molecule has 0 saturated heterocycles. The first-order valence-electron chi connectivity index (χ1n) is 4.92. The maximum absolute atomic E-state index is 10.1.